The van der Waals surface area contributed by atoms with Gasteiger partial charge in [0.05, 0.1) is 14.2 Å². The van der Waals surface area contributed by atoms with Gasteiger partial charge in [-0.3, -0.25) is 4.98 Å². The molecule has 0 bridgehead atoms. The number of hydrogen-bond donors (Lipinski definition) is 1. The number of methoxy groups -OCH3 is 2. The number of fused-ring (bicyclic) bond motifs is 1. The minimum Gasteiger partial charge on any atom is -0.497 e. The van der Waals surface area contributed by atoms with Crippen molar-refractivity contribution in [2.75, 3.05) is 19.5 Å². The summed E-state index contributed by atoms with van der Waals surface area (Å²) >= 11 is 0. The van der Waals surface area contributed by atoms with Gasteiger partial charge in [0.15, 0.2) is 5.65 Å². The van der Waals surface area contributed by atoms with Crippen LogP contribution in [0.1, 0.15) is 0 Å². The molecule has 0 aliphatic rings. The first-order valence-corrected chi connectivity index (χ1v) is 8.04. The van der Waals surface area contributed by atoms with Gasteiger partial charge in [-0.2, -0.15) is 4.98 Å². The zero-order valence-corrected chi connectivity index (χ0v) is 14.4. The molecule has 4 rings (SSSR count). The molecule has 7 heteroatoms. The number of ether oxygens (including phenoxy) is 2. The molecule has 0 atom stereocenters. The lowest BCUT2D eigenvalue weighted by Gasteiger charge is -2.08. The minimum absolute atomic E-state index is 0.463. The standard InChI is InChI=1S/C19H17N5O2/c1-25-15-10-14(11-16(12-15)26-2)21-19-22-18-17(13-6-4-3-5-7-13)20-8-9-24(18)23-19/h3-12H,1-2H3,(H,21,23). The summed E-state index contributed by atoms with van der Waals surface area (Å²) in [6.07, 6.45) is 3.48. The van der Waals surface area contributed by atoms with E-state index in [1.54, 1.807) is 37.2 Å². The number of anilines is 2. The maximum Gasteiger partial charge on any atom is 0.247 e. The average Bonchev–Trinajstić information content (AvgIpc) is 3.10. The molecule has 130 valence electrons. The van der Waals surface area contributed by atoms with Crippen molar-refractivity contribution in [3.63, 3.8) is 0 Å². The van der Waals surface area contributed by atoms with Crippen molar-refractivity contribution in [3.8, 4) is 22.8 Å². The highest BCUT2D eigenvalue weighted by molar-refractivity contribution is 5.74. The summed E-state index contributed by atoms with van der Waals surface area (Å²) in [7, 11) is 3.22. The third-order valence-electron chi connectivity index (χ3n) is 3.91. The molecular weight excluding hydrogens is 330 g/mol. The van der Waals surface area contributed by atoms with Crippen LogP contribution in [-0.4, -0.2) is 33.8 Å². The van der Waals surface area contributed by atoms with Crippen LogP contribution in [0.2, 0.25) is 0 Å². The average molecular weight is 347 g/mol. The first kappa shape index (κ1) is 15.9. The molecule has 0 radical (unpaired) electrons. The lowest BCUT2D eigenvalue weighted by Crippen LogP contribution is -1.95. The molecule has 1 N–H and O–H groups in total. The van der Waals surface area contributed by atoms with E-state index in [2.05, 4.69) is 20.4 Å². The van der Waals surface area contributed by atoms with Crippen molar-refractivity contribution in [1.29, 1.82) is 0 Å². The highest BCUT2D eigenvalue weighted by Crippen LogP contribution is 2.28. The second kappa shape index (κ2) is 6.72. The van der Waals surface area contributed by atoms with Gasteiger partial charge in [-0.25, -0.2) is 4.52 Å². The van der Waals surface area contributed by atoms with E-state index in [4.69, 9.17) is 9.47 Å². The molecule has 0 aliphatic carbocycles. The van der Waals surface area contributed by atoms with Crippen molar-refractivity contribution in [1.82, 2.24) is 19.6 Å². The summed E-state index contributed by atoms with van der Waals surface area (Å²) in [6.45, 7) is 0. The number of benzene rings is 2. The van der Waals surface area contributed by atoms with Gasteiger partial charge in [-0.1, -0.05) is 30.3 Å². The zero-order chi connectivity index (χ0) is 17.9. The molecule has 2 aromatic carbocycles. The first-order valence-electron chi connectivity index (χ1n) is 8.04. The normalized spacial score (nSPS) is 10.7. The van der Waals surface area contributed by atoms with Crippen molar-refractivity contribution in [3.05, 3.63) is 60.9 Å². The van der Waals surface area contributed by atoms with Crippen LogP contribution >= 0.6 is 0 Å². The Morgan fingerprint density at radius 3 is 2.38 bits per heavy atom. The van der Waals surface area contributed by atoms with E-state index in [0.29, 0.717) is 23.1 Å². The Morgan fingerprint density at radius 2 is 1.69 bits per heavy atom. The topological polar surface area (TPSA) is 73.6 Å². The van der Waals surface area contributed by atoms with Gasteiger partial charge in [0, 0.05) is 41.8 Å². The number of hydrogen-bond acceptors (Lipinski definition) is 6. The van der Waals surface area contributed by atoms with Crippen molar-refractivity contribution in [2.24, 2.45) is 0 Å². The molecule has 0 saturated heterocycles. The summed E-state index contributed by atoms with van der Waals surface area (Å²) in [5, 5.41) is 7.67. The number of nitrogens with one attached hydrogen (secondary N) is 1. The summed E-state index contributed by atoms with van der Waals surface area (Å²) in [4.78, 5) is 9.05. The van der Waals surface area contributed by atoms with Gasteiger partial charge < -0.3 is 14.8 Å². The fourth-order valence-corrected chi connectivity index (χ4v) is 2.68. The smallest absolute Gasteiger partial charge is 0.247 e. The Bertz CT molecular complexity index is 1020. The van der Waals surface area contributed by atoms with E-state index in [1.165, 1.54) is 0 Å². The maximum atomic E-state index is 5.29. The van der Waals surface area contributed by atoms with Gasteiger partial charge in [-0.05, 0) is 0 Å². The molecule has 0 aliphatic heterocycles. The van der Waals surface area contributed by atoms with Crippen molar-refractivity contribution in [2.45, 2.75) is 0 Å². The Labute approximate surface area is 150 Å². The Hall–Kier alpha value is -3.61. The van der Waals surface area contributed by atoms with Gasteiger partial charge in [-0.15, -0.1) is 5.10 Å². The third-order valence-corrected chi connectivity index (χ3v) is 3.91. The van der Waals surface area contributed by atoms with Crippen LogP contribution < -0.4 is 14.8 Å². The molecule has 4 aromatic rings. The number of aromatic nitrogens is 4. The van der Waals surface area contributed by atoms with Crippen molar-refractivity contribution >= 4 is 17.3 Å². The van der Waals surface area contributed by atoms with Crippen LogP contribution in [0.15, 0.2) is 60.9 Å². The molecule has 0 unspecified atom stereocenters. The van der Waals surface area contributed by atoms with E-state index in [9.17, 15) is 0 Å². The summed E-state index contributed by atoms with van der Waals surface area (Å²) in [5.74, 6) is 1.83. The van der Waals surface area contributed by atoms with E-state index in [-0.39, 0.29) is 0 Å². The second-order valence-electron chi connectivity index (χ2n) is 5.57. The molecular formula is C19H17N5O2. The highest BCUT2D eigenvalue weighted by atomic mass is 16.5. The third kappa shape index (κ3) is 3.02. The van der Waals surface area contributed by atoms with E-state index < -0.39 is 0 Å². The maximum absolute atomic E-state index is 5.29. The molecule has 7 nitrogen and oxygen atoms in total. The van der Waals surface area contributed by atoms with Crippen LogP contribution in [0.4, 0.5) is 11.6 Å². The summed E-state index contributed by atoms with van der Waals surface area (Å²) < 4.78 is 12.3. The summed E-state index contributed by atoms with van der Waals surface area (Å²) in [6, 6.07) is 15.4. The largest absolute Gasteiger partial charge is 0.497 e. The van der Waals surface area contributed by atoms with Gasteiger partial charge in [0.1, 0.15) is 17.2 Å². The Kier molecular flexibility index (Phi) is 4.10. The Balaban J connectivity index is 1.73. The fourth-order valence-electron chi connectivity index (χ4n) is 2.68. The zero-order valence-electron chi connectivity index (χ0n) is 14.4. The van der Waals surface area contributed by atoms with Crippen LogP contribution in [-0.2, 0) is 0 Å². The van der Waals surface area contributed by atoms with E-state index in [1.807, 2.05) is 42.5 Å². The number of nitrogens with zero attached hydrogens (tertiary/aromatic N) is 4. The SMILES string of the molecule is COc1cc(Nc2nc3c(-c4ccccc4)nccn3n2)cc(OC)c1. The predicted octanol–water partition coefficient (Wildman–Crippen LogP) is 3.55. The fraction of sp³-hybridized carbons (Fsp3) is 0.105. The van der Waals surface area contributed by atoms with Crippen LogP contribution in [0.3, 0.4) is 0 Å². The number of rotatable bonds is 5. The summed E-state index contributed by atoms with van der Waals surface area (Å²) in [5.41, 5.74) is 3.21. The molecule has 0 spiro atoms. The minimum atomic E-state index is 0.463. The predicted molar refractivity (Wildman–Crippen MR) is 99.0 cm³/mol. The van der Waals surface area contributed by atoms with Crippen LogP contribution in [0, 0.1) is 0 Å². The van der Waals surface area contributed by atoms with E-state index in [0.717, 1.165) is 16.9 Å². The molecule has 26 heavy (non-hydrogen) atoms. The van der Waals surface area contributed by atoms with Crippen molar-refractivity contribution < 1.29 is 9.47 Å². The molecule has 0 saturated carbocycles. The quantitative estimate of drug-likeness (QED) is 0.595. The lowest BCUT2D eigenvalue weighted by atomic mass is 10.1. The van der Waals surface area contributed by atoms with Gasteiger partial charge in [0.2, 0.25) is 5.95 Å². The monoisotopic (exact) mass is 347 g/mol. The Morgan fingerprint density at radius 1 is 0.962 bits per heavy atom. The van der Waals surface area contributed by atoms with Gasteiger partial charge >= 0.3 is 0 Å². The first-order chi connectivity index (χ1) is 12.8. The second-order valence-corrected chi connectivity index (χ2v) is 5.57. The molecule has 0 fully saturated rings. The van der Waals surface area contributed by atoms with Gasteiger partial charge in [0.25, 0.3) is 0 Å². The van der Waals surface area contributed by atoms with Crippen LogP contribution in [0.5, 0.6) is 11.5 Å². The molecule has 2 aromatic heterocycles. The van der Waals surface area contributed by atoms with E-state index >= 15 is 0 Å². The lowest BCUT2D eigenvalue weighted by molar-refractivity contribution is 0.395. The van der Waals surface area contributed by atoms with Crippen LogP contribution in [0.25, 0.3) is 16.9 Å². The highest BCUT2D eigenvalue weighted by Gasteiger charge is 2.11. The molecule has 2 heterocycles. The molecule has 0 amide bonds.